The van der Waals surface area contributed by atoms with Crippen LogP contribution < -0.4 is 0 Å². The maximum atomic E-state index is 13.7. The fourth-order valence-electron chi connectivity index (χ4n) is 6.43. The third-order valence-electron chi connectivity index (χ3n) is 8.97. The number of hydrogen-bond acceptors (Lipinski definition) is 10. The van der Waals surface area contributed by atoms with E-state index >= 15 is 0 Å². The molecular formula is C29H49N3O9. The topological polar surface area (TPSA) is 188 Å². The summed E-state index contributed by atoms with van der Waals surface area (Å²) in [5.74, 6) is -5.65. The van der Waals surface area contributed by atoms with Crippen LogP contribution >= 0.6 is 0 Å². The molecule has 0 aliphatic carbocycles. The molecule has 0 bridgehead atoms. The monoisotopic (exact) mass is 583 g/mol. The van der Waals surface area contributed by atoms with Crippen LogP contribution in [0.2, 0.25) is 0 Å². The number of carbonyl (C=O) groups excluding carboxylic acids is 3. The Morgan fingerprint density at radius 2 is 1.63 bits per heavy atom. The summed E-state index contributed by atoms with van der Waals surface area (Å²) in [4.78, 5) is 43.2. The van der Waals surface area contributed by atoms with Crippen LogP contribution in [0.25, 0.3) is 10.4 Å². The van der Waals surface area contributed by atoms with Gasteiger partial charge in [-0.05, 0) is 56.9 Å². The van der Waals surface area contributed by atoms with Crippen LogP contribution in [0.3, 0.4) is 0 Å². The third kappa shape index (κ3) is 8.06. The standard InChI is InChI=1S/C29H49N3O9/c1-14-12-16(3)39-27(22(14)34)41-25-18(5)23(35)19(6)26(37)40-20(10-11-31-32-30)29(9,38)24(36)17(4)21(33)15(2)13-28(25,7)8/h14-20,22,24-25,27,34,36,38H,10-13H2,1-9H3/t14?,15-,16?,17+,18+,19-,20-,22?,24-,25-,27?,29-/m1/s1. The zero-order valence-corrected chi connectivity index (χ0v) is 25.8. The minimum absolute atomic E-state index is 0.108. The highest BCUT2D eigenvalue weighted by molar-refractivity contribution is 6.00. The van der Waals surface area contributed by atoms with Crippen molar-refractivity contribution in [3.8, 4) is 0 Å². The predicted molar refractivity (Wildman–Crippen MR) is 149 cm³/mol. The molecule has 12 heteroatoms. The summed E-state index contributed by atoms with van der Waals surface area (Å²) in [6.45, 7) is 14.8. The minimum atomic E-state index is -2.09. The van der Waals surface area contributed by atoms with Crippen molar-refractivity contribution in [2.24, 2.45) is 40.1 Å². The number of carbonyl (C=O) groups is 3. The average Bonchev–Trinajstić information content (AvgIpc) is 2.89. The quantitative estimate of drug-likeness (QED) is 0.143. The van der Waals surface area contributed by atoms with Crippen LogP contribution in [0.5, 0.6) is 0 Å². The number of aliphatic hydroxyl groups excluding tert-OH is 2. The summed E-state index contributed by atoms with van der Waals surface area (Å²) in [6.07, 6.45) is -5.23. The van der Waals surface area contributed by atoms with Crippen molar-refractivity contribution in [2.45, 2.75) is 124 Å². The van der Waals surface area contributed by atoms with E-state index in [1.807, 2.05) is 27.7 Å². The van der Waals surface area contributed by atoms with Crippen LogP contribution in [0.15, 0.2) is 5.11 Å². The average molecular weight is 584 g/mol. The Morgan fingerprint density at radius 3 is 2.22 bits per heavy atom. The molecule has 234 valence electrons. The van der Waals surface area contributed by atoms with Crippen LogP contribution in [-0.2, 0) is 28.6 Å². The van der Waals surface area contributed by atoms with Gasteiger partial charge in [-0.1, -0.05) is 46.7 Å². The number of ketones is 2. The molecule has 2 saturated heterocycles. The van der Waals surface area contributed by atoms with E-state index < -0.39 is 77.1 Å². The molecule has 2 fully saturated rings. The maximum Gasteiger partial charge on any atom is 0.316 e. The number of nitrogens with zero attached hydrogens (tertiary/aromatic N) is 3. The van der Waals surface area contributed by atoms with E-state index in [0.717, 1.165) is 0 Å². The molecule has 0 radical (unpaired) electrons. The van der Waals surface area contributed by atoms with Crippen molar-refractivity contribution in [2.75, 3.05) is 6.54 Å². The second-order valence-electron chi connectivity index (χ2n) is 13.1. The van der Waals surface area contributed by atoms with Crippen LogP contribution in [-0.4, -0.2) is 81.8 Å². The molecule has 12 nitrogen and oxygen atoms in total. The first-order valence-electron chi connectivity index (χ1n) is 14.5. The molecule has 2 aliphatic rings. The molecule has 0 aromatic heterocycles. The second kappa shape index (κ2) is 13.9. The number of aliphatic hydroxyl groups is 3. The van der Waals surface area contributed by atoms with E-state index in [-0.39, 0.29) is 37.2 Å². The number of hydrogen-bond donors (Lipinski definition) is 3. The molecule has 2 aliphatic heterocycles. The van der Waals surface area contributed by atoms with Gasteiger partial charge in [-0.25, -0.2) is 0 Å². The zero-order valence-electron chi connectivity index (χ0n) is 25.8. The Morgan fingerprint density at radius 1 is 1.02 bits per heavy atom. The fraction of sp³-hybridized carbons (Fsp3) is 0.897. The highest BCUT2D eigenvalue weighted by Crippen LogP contribution is 2.41. The zero-order chi connectivity index (χ0) is 31.4. The molecule has 2 heterocycles. The molecule has 12 atom stereocenters. The number of rotatable bonds is 5. The van der Waals surface area contributed by atoms with E-state index in [9.17, 15) is 29.7 Å². The molecule has 0 amide bonds. The number of ether oxygens (including phenoxy) is 3. The maximum absolute atomic E-state index is 13.7. The van der Waals surface area contributed by atoms with Gasteiger partial charge in [-0.3, -0.25) is 14.4 Å². The van der Waals surface area contributed by atoms with Gasteiger partial charge in [0.25, 0.3) is 0 Å². The van der Waals surface area contributed by atoms with Gasteiger partial charge in [0.15, 0.2) is 12.1 Å². The van der Waals surface area contributed by atoms with Crippen molar-refractivity contribution in [3.63, 3.8) is 0 Å². The molecule has 0 saturated carbocycles. The highest BCUT2D eigenvalue weighted by atomic mass is 16.7. The first-order valence-corrected chi connectivity index (χ1v) is 14.5. The van der Waals surface area contributed by atoms with Crippen molar-refractivity contribution < 1.29 is 43.9 Å². The number of esters is 1. The Labute approximate surface area is 242 Å². The van der Waals surface area contributed by atoms with Gasteiger partial charge in [0.1, 0.15) is 29.5 Å². The van der Waals surface area contributed by atoms with Crippen molar-refractivity contribution in [1.29, 1.82) is 0 Å². The third-order valence-corrected chi connectivity index (χ3v) is 8.97. The summed E-state index contributed by atoms with van der Waals surface area (Å²) in [5, 5.41) is 36.8. The van der Waals surface area contributed by atoms with E-state index in [2.05, 4.69) is 10.0 Å². The molecule has 3 N–H and O–H groups in total. The lowest BCUT2D eigenvalue weighted by atomic mass is 9.69. The highest BCUT2D eigenvalue weighted by Gasteiger charge is 2.50. The Balaban J connectivity index is 2.56. The van der Waals surface area contributed by atoms with Gasteiger partial charge in [-0.15, -0.1) is 0 Å². The molecule has 0 aromatic rings. The first kappa shape index (κ1) is 35.1. The van der Waals surface area contributed by atoms with Gasteiger partial charge in [0.05, 0.1) is 18.3 Å². The summed E-state index contributed by atoms with van der Waals surface area (Å²) < 4.78 is 17.9. The Kier molecular flexibility index (Phi) is 11.9. The van der Waals surface area contributed by atoms with E-state index in [1.165, 1.54) is 20.8 Å². The van der Waals surface area contributed by atoms with Gasteiger partial charge in [0.2, 0.25) is 0 Å². The molecular weight excluding hydrogens is 534 g/mol. The van der Waals surface area contributed by atoms with Gasteiger partial charge >= 0.3 is 5.97 Å². The SMILES string of the molecule is CC1CC(C)C(O)C(O[C@@H]2[C@@H](C)C(=O)[C@@H](C)C(=O)O[C@H](CCN=[N+]=[N-])[C@@](C)(O)[C@H](O)[C@@H](C)C(=O)[C@H](C)CC2(C)C)O1. The first-order chi connectivity index (χ1) is 18.9. The summed E-state index contributed by atoms with van der Waals surface area (Å²) in [5.41, 5.74) is 5.78. The molecule has 0 aromatic carbocycles. The van der Waals surface area contributed by atoms with E-state index in [4.69, 9.17) is 19.7 Å². The lowest BCUT2D eigenvalue weighted by molar-refractivity contribution is -0.284. The summed E-state index contributed by atoms with van der Waals surface area (Å²) >= 11 is 0. The Bertz CT molecular complexity index is 996. The molecule has 4 unspecified atom stereocenters. The van der Waals surface area contributed by atoms with Crippen molar-refractivity contribution >= 4 is 17.5 Å². The minimum Gasteiger partial charge on any atom is -0.459 e. The van der Waals surface area contributed by atoms with Gasteiger partial charge < -0.3 is 29.5 Å². The Hall–Kier alpha value is -2.08. The van der Waals surface area contributed by atoms with E-state index in [0.29, 0.717) is 6.42 Å². The number of Topliss-reactive ketones (excluding diaryl/α,β-unsaturated/α-hetero) is 2. The lowest BCUT2D eigenvalue weighted by Gasteiger charge is -2.45. The molecule has 2 rings (SSSR count). The van der Waals surface area contributed by atoms with Crippen LogP contribution in [0.4, 0.5) is 0 Å². The number of azide groups is 1. The second-order valence-corrected chi connectivity index (χ2v) is 13.1. The van der Waals surface area contributed by atoms with E-state index in [1.54, 1.807) is 13.8 Å². The van der Waals surface area contributed by atoms with Crippen LogP contribution in [0, 0.1) is 35.0 Å². The largest absolute Gasteiger partial charge is 0.459 e. The lowest BCUT2D eigenvalue weighted by Crippen LogP contribution is -2.57. The molecule has 0 spiro atoms. The summed E-state index contributed by atoms with van der Waals surface area (Å²) in [6, 6.07) is 0. The fourth-order valence-corrected chi connectivity index (χ4v) is 6.43. The predicted octanol–water partition coefficient (Wildman–Crippen LogP) is 3.34. The normalized spacial score (nSPS) is 43.0. The van der Waals surface area contributed by atoms with Crippen LogP contribution in [0.1, 0.15) is 81.6 Å². The van der Waals surface area contributed by atoms with Crippen molar-refractivity contribution in [3.05, 3.63) is 10.4 Å². The van der Waals surface area contributed by atoms with Gasteiger partial charge in [-0.2, -0.15) is 0 Å². The summed E-state index contributed by atoms with van der Waals surface area (Å²) in [7, 11) is 0. The number of cyclic esters (lactones) is 1. The smallest absolute Gasteiger partial charge is 0.316 e. The van der Waals surface area contributed by atoms with Crippen molar-refractivity contribution in [1.82, 2.24) is 0 Å². The molecule has 41 heavy (non-hydrogen) atoms. The van der Waals surface area contributed by atoms with Gasteiger partial charge in [0, 0.05) is 29.2 Å².